The first kappa shape index (κ1) is 21.9. The van der Waals surface area contributed by atoms with Gasteiger partial charge in [-0.05, 0) is 19.9 Å². The topological polar surface area (TPSA) is 59.2 Å². The number of thiazole rings is 1. The number of aromatic nitrogens is 1. The number of hydrogen-bond donors (Lipinski definition) is 1. The van der Waals surface area contributed by atoms with Crippen molar-refractivity contribution in [2.24, 2.45) is 5.73 Å². The third kappa shape index (κ3) is 5.77. The predicted octanol–water partition coefficient (Wildman–Crippen LogP) is 3.31. The fourth-order valence-corrected chi connectivity index (χ4v) is 2.80. The van der Waals surface area contributed by atoms with Crippen molar-refractivity contribution in [2.75, 3.05) is 13.6 Å². The first-order chi connectivity index (χ1) is 10.0. The molecule has 1 heterocycles. The van der Waals surface area contributed by atoms with Gasteiger partial charge in [-0.1, -0.05) is 23.8 Å². The molecule has 1 unspecified atom stereocenters. The van der Waals surface area contributed by atoms with E-state index in [-0.39, 0.29) is 36.8 Å². The lowest BCUT2D eigenvalue weighted by Crippen LogP contribution is -2.40. The van der Waals surface area contributed by atoms with E-state index in [1.165, 1.54) is 5.56 Å². The van der Waals surface area contributed by atoms with Crippen molar-refractivity contribution in [2.45, 2.75) is 26.3 Å². The minimum absolute atomic E-state index is 0. The number of amides is 1. The van der Waals surface area contributed by atoms with Crippen LogP contribution in [0.25, 0.3) is 10.6 Å². The van der Waals surface area contributed by atoms with Crippen molar-refractivity contribution in [3.05, 3.63) is 40.9 Å². The van der Waals surface area contributed by atoms with E-state index in [1.807, 2.05) is 24.4 Å². The van der Waals surface area contributed by atoms with Gasteiger partial charge in [-0.25, -0.2) is 4.98 Å². The molecule has 4 nitrogen and oxygen atoms in total. The Morgan fingerprint density at radius 1 is 1.39 bits per heavy atom. The zero-order valence-corrected chi connectivity index (χ0v) is 15.9. The van der Waals surface area contributed by atoms with Crippen LogP contribution < -0.4 is 5.73 Å². The summed E-state index contributed by atoms with van der Waals surface area (Å²) in [5.41, 5.74) is 8.71. The molecule has 1 aromatic heterocycles. The van der Waals surface area contributed by atoms with Crippen LogP contribution in [-0.2, 0) is 11.2 Å². The molecule has 0 spiro atoms. The molecule has 0 saturated carbocycles. The highest BCUT2D eigenvalue weighted by atomic mass is 35.5. The quantitative estimate of drug-likeness (QED) is 0.871. The van der Waals surface area contributed by atoms with Gasteiger partial charge in [-0.3, -0.25) is 4.79 Å². The molecule has 0 fully saturated rings. The molecule has 0 aliphatic carbocycles. The van der Waals surface area contributed by atoms with E-state index < -0.39 is 0 Å². The van der Waals surface area contributed by atoms with E-state index in [0.29, 0.717) is 13.0 Å². The van der Waals surface area contributed by atoms with E-state index >= 15 is 0 Å². The maximum Gasteiger partial charge on any atom is 0.228 e. The number of nitrogens with zero attached hydrogens (tertiary/aromatic N) is 2. The second-order valence-electron chi connectivity index (χ2n) is 5.28. The zero-order valence-electron chi connectivity index (χ0n) is 13.5. The molecule has 0 saturated heterocycles. The lowest BCUT2D eigenvalue weighted by atomic mass is 10.1. The SMILES string of the molecule is Cc1cccc(-c2nc(CC(=O)N(C)C(C)CN)cs2)c1.Cl.Cl. The van der Waals surface area contributed by atoms with Gasteiger partial charge in [-0.2, -0.15) is 0 Å². The third-order valence-corrected chi connectivity index (χ3v) is 4.48. The van der Waals surface area contributed by atoms with Crippen LogP contribution in [0.15, 0.2) is 29.6 Å². The summed E-state index contributed by atoms with van der Waals surface area (Å²) in [7, 11) is 1.79. The number of likely N-dealkylation sites (N-methyl/N-ethyl adjacent to an activating group) is 1. The van der Waals surface area contributed by atoms with Gasteiger partial charge in [0, 0.05) is 30.6 Å². The number of carbonyl (C=O) groups excluding carboxylic acids is 1. The van der Waals surface area contributed by atoms with E-state index in [9.17, 15) is 4.79 Å². The molecular formula is C16H23Cl2N3OS. The van der Waals surface area contributed by atoms with Crippen molar-refractivity contribution < 1.29 is 4.79 Å². The Morgan fingerprint density at radius 3 is 2.70 bits per heavy atom. The first-order valence-electron chi connectivity index (χ1n) is 6.98. The van der Waals surface area contributed by atoms with Gasteiger partial charge < -0.3 is 10.6 Å². The molecule has 0 bridgehead atoms. The molecule has 1 atom stereocenters. The van der Waals surface area contributed by atoms with Crippen molar-refractivity contribution >= 4 is 42.1 Å². The highest BCUT2D eigenvalue weighted by Crippen LogP contribution is 2.24. The van der Waals surface area contributed by atoms with Crippen LogP contribution in [0.5, 0.6) is 0 Å². The second kappa shape index (κ2) is 9.88. The zero-order chi connectivity index (χ0) is 15.4. The number of aryl methyl sites for hydroxylation is 1. The first-order valence-corrected chi connectivity index (χ1v) is 7.86. The van der Waals surface area contributed by atoms with Crippen molar-refractivity contribution in [1.29, 1.82) is 0 Å². The minimum Gasteiger partial charge on any atom is -0.341 e. The van der Waals surface area contributed by atoms with Gasteiger partial charge >= 0.3 is 0 Å². The van der Waals surface area contributed by atoms with Gasteiger partial charge in [0.1, 0.15) is 5.01 Å². The summed E-state index contributed by atoms with van der Waals surface area (Å²) in [4.78, 5) is 18.4. The van der Waals surface area contributed by atoms with Crippen LogP contribution in [0.1, 0.15) is 18.2 Å². The fraction of sp³-hybridized carbons (Fsp3) is 0.375. The molecule has 23 heavy (non-hydrogen) atoms. The molecule has 0 aliphatic rings. The Hall–Kier alpha value is -1.14. The summed E-state index contributed by atoms with van der Waals surface area (Å²) in [5, 5.41) is 2.91. The third-order valence-electron chi connectivity index (χ3n) is 3.54. The Bertz CT molecular complexity index is 633. The Morgan fingerprint density at radius 2 is 2.09 bits per heavy atom. The summed E-state index contributed by atoms with van der Waals surface area (Å²) in [6.07, 6.45) is 0.323. The highest BCUT2D eigenvalue weighted by molar-refractivity contribution is 7.13. The summed E-state index contributed by atoms with van der Waals surface area (Å²) < 4.78 is 0. The molecular weight excluding hydrogens is 353 g/mol. The lowest BCUT2D eigenvalue weighted by Gasteiger charge is -2.23. The Balaban J connectivity index is 0.00000242. The summed E-state index contributed by atoms with van der Waals surface area (Å²) in [6.45, 7) is 4.47. The predicted molar refractivity (Wildman–Crippen MR) is 102 cm³/mol. The van der Waals surface area contributed by atoms with Crippen LogP contribution >= 0.6 is 36.2 Å². The number of hydrogen-bond acceptors (Lipinski definition) is 4. The number of rotatable bonds is 5. The second-order valence-corrected chi connectivity index (χ2v) is 6.14. The number of halogens is 2. The van der Waals surface area contributed by atoms with Gasteiger partial charge in [0.15, 0.2) is 0 Å². The fourth-order valence-electron chi connectivity index (χ4n) is 1.98. The molecule has 0 radical (unpaired) electrons. The minimum atomic E-state index is 0. The lowest BCUT2D eigenvalue weighted by molar-refractivity contribution is -0.130. The Labute approximate surface area is 153 Å². The normalized spacial score (nSPS) is 11.1. The molecule has 7 heteroatoms. The average molecular weight is 376 g/mol. The molecule has 1 amide bonds. The molecule has 2 aromatic rings. The smallest absolute Gasteiger partial charge is 0.228 e. The van der Waals surface area contributed by atoms with E-state index in [0.717, 1.165) is 16.3 Å². The monoisotopic (exact) mass is 375 g/mol. The van der Waals surface area contributed by atoms with Gasteiger partial charge in [0.05, 0.1) is 12.1 Å². The van der Waals surface area contributed by atoms with E-state index in [1.54, 1.807) is 23.3 Å². The largest absolute Gasteiger partial charge is 0.341 e. The summed E-state index contributed by atoms with van der Waals surface area (Å²) in [6, 6.07) is 8.28. The van der Waals surface area contributed by atoms with Gasteiger partial charge in [0.2, 0.25) is 5.91 Å². The Kier molecular flexibility index (Phi) is 9.39. The molecule has 0 aliphatic heterocycles. The number of nitrogens with two attached hydrogens (primary N) is 1. The molecule has 2 N–H and O–H groups in total. The summed E-state index contributed by atoms with van der Waals surface area (Å²) in [5.74, 6) is 0.0500. The van der Waals surface area contributed by atoms with Gasteiger partial charge in [0.25, 0.3) is 0 Å². The number of benzene rings is 1. The van der Waals surface area contributed by atoms with Gasteiger partial charge in [-0.15, -0.1) is 36.2 Å². The van der Waals surface area contributed by atoms with Crippen molar-refractivity contribution in [1.82, 2.24) is 9.88 Å². The maximum atomic E-state index is 12.1. The van der Waals surface area contributed by atoms with E-state index in [4.69, 9.17) is 5.73 Å². The van der Waals surface area contributed by atoms with E-state index in [2.05, 4.69) is 24.0 Å². The average Bonchev–Trinajstić information content (AvgIpc) is 2.94. The molecule has 1 aromatic carbocycles. The highest BCUT2D eigenvalue weighted by Gasteiger charge is 2.16. The number of carbonyl (C=O) groups is 1. The standard InChI is InChI=1S/C16H21N3OS.2ClH/c1-11-5-4-6-13(7-11)16-18-14(10-21-16)8-15(20)19(3)12(2)9-17;;/h4-7,10,12H,8-9,17H2,1-3H3;2*1H. The van der Waals surface area contributed by atoms with Crippen LogP contribution in [0.3, 0.4) is 0 Å². The maximum absolute atomic E-state index is 12.1. The molecule has 128 valence electrons. The van der Waals surface area contributed by atoms with Crippen molar-refractivity contribution in [3.8, 4) is 10.6 Å². The van der Waals surface area contributed by atoms with Crippen LogP contribution in [-0.4, -0.2) is 35.4 Å². The van der Waals surface area contributed by atoms with Crippen molar-refractivity contribution in [3.63, 3.8) is 0 Å². The van der Waals surface area contributed by atoms with Crippen LogP contribution in [0.2, 0.25) is 0 Å². The summed E-state index contributed by atoms with van der Waals surface area (Å²) >= 11 is 1.57. The van der Waals surface area contributed by atoms with Crippen LogP contribution in [0, 0.1) is 6.92 Å². The molecule has 2 rings (SSSR count). The van der Waals surface area contributed by atoms with Crippen LogP contribution in [0.4, 0.5) is 0 Å².